The number of hydrogen-bond donors (Lipinski definition) is 1. The van der Waals surface area contributed by atoms with E-state index >= 15 is 0 Å². The number of nitrogens with zero attached hydrogens (tertiary/aromatic N) is 2. The van der Waals surface area contributed by atoms with Gasteiger partial charge >= 0.3 is 0 Å². The zero-order valence-corrected chi connectivity index (χ0v) is 9.85. The topological polar surface area (TPSA) is 74.2 Å². The smallest absolute Gasteiger partial charge is 0.233 e. The molecular formula is C11H19N3O2. The number of aromatic nitrogens is 2. The number of nitrogens with two attached hydrogens (primary N) is 1. The third kappa shape index (κ3) is 2.59. The van der Waals surface area contributed by atoms with E-state index in [0.717, 1.165) is 25.3 Å². The van der Waals surface area contributed by atoms with Gasteiger partial charge in [-0.15, -0.1) is 0 Å². The summed E-state index contributed by atoms with van der Waals surface area (Å²) in [7, 11) is 0. The lowest BCUT2D eigenvalue weighted by Gasteiger charge is -2.25. The molecule has 1 saturated heterocycles. The van der Waals surface area contributed by atoms with Crippen molar-refractivity contribution in [2.24, 2.45) is 11.7 Å². The Bertz CT molecular complexity index is 338. The molecule has 2 heterocycles. The summed E-state index contributed by atoms with van der Waals surface area (Å²) in [6.07, 6.45) is 1.69. The Kier molecular flexibility index (Phi) is 3.56. The van der Waals surface area contributed by atoms with Gasteiger partial charge in [-0.3, -0.25) is 0 Å². The Morgan fingerprint density at radius 3 is 3.00 bits per heavy atom. The van der Waals surface area contributed by atoms with Crippen molar-refractivity contribution < 1.29 is 9.26 Å². The van der Waals surface area contributed by atoms with Crippen LogP contribution in [0.5, 0.6) is 0 Å². The first kappa shape index (κ1) is 11.5. The minimum Gasteiger partial charge on any atom is -0.381 e. The van der Waals surface area contributed by atoms with Gasteiger partial charge in [0.1, 0.15) is 0 Å². The number of hydrogen-bond acceptors (Lipinski definition) is 5. The first-order valence-electron chi connectivity index (χ1n) is 5.82. The van der Waals surface area contributed by atoms with Crippen molar-refractivity contribution in [3.05, 3.63) is 11.7 Å². The Morgan fingerprint density at radius 1 is 1.50 bits per heavy atom. The van der Waals surface area contributed by atoms with Crippen LogP contribution in [0.25, 0.3) is 0 Å². The first-order chi connectivity index (χ1) is 7.66. The van der Waals surface area contributed by atoms with Crippen molar-refractivity contribution in [3.63, 3.8) is 0 Å². The molecule has 2 atom stereocenters. The minimum absolute atomic E-state index is 0.0576. The van der Waals surface area contributed by atoms with Crippen LogP contribution in [0.3, 0.4) is 0 Å². The number of rotatable bonds is 3. The van der Waals surface area contributed by atoms with Crippen LogP contribution in [0, 0.1) is 5.92 Å². The summed E-state index contributed by atoms with van der Waals surface area (Å²) in [6.45, 7) is 5.58. The fourth-order valence-electron chi connectivity index (χ4n) is 1.88. The molecule has 1 aliphatic rings. The highest BCUT2D eigenvalue weighted by Crippen LogP contribution is 2.23. The molecule has 16 heavy (non-hydrogen) atoms. The van der Waals surface area contributed by atoms with Gasteiger partial charge in [-0.2, -0.15) is 4.98 Å². The predicted molar refractivity (Wildman–Crippen MR) is 59.0 cm³/mol. The highest BCUT2D eigenvalue weighted by Gasteiger charge is 2.29. The third-order valence-electron chi connectivity index (χ3n) is 2.80. The molecule has 0 aliphatic carbocycles. The second-order valence-electron chi connectivity index (χ2n) is 4.78. The average molecular weight is 225 g/mol. The van der Waals surface area contributed by atoms with Gasteiger partial charge in [0.15, 0.2) is 5.82 Å². The molecule has 5 heteroatoms. The van der Waals surface area contributed by atoms with E-state index < -0.39 is 0 Å². The van der Waals surface area contributed by atoms with Crippen LogP contribution in [0.2, 0.25) is 0 Å². The molecule has 0 saturated carbocycles. The van der Waals surface area contributed by atoms with Gasteiger partial charge in [-0.1, -0.05) is 19.0 Å². The molecule has 1 fully saturated rings. The van der Waals surface area contributed by atoms with E-state index in [0.29, 0.717) is 18.4 Å². The molecule has 0 bridgehead atoms. The molecule has 2 N–H and O–H groups in total. The van der Waals surface area contributed by atoms with Crippen LogP contribution in [0.1, 0.15) is 37.9 Å². The van der Waals surface area contributed by atoms with Crippen molar-refractivity contribution in [3.8, 4) is 0 Å². The average Bonchev–Trinajstić information content (AvgIpc) is 2.66. The molecule has 5 nitrogen and oxygen atoms in total. The quantitative estimate of drug-likeness (QED) is 0.833. The maximum absolute atomic E-state index is 6.01. The molecule has 90 valence electrons. The maximum Gasteiger partial charge on any atom is 0.233 e. The molecule has 1 aliphatic heterocycles. The van der Waals surface area contributed by atoms with Crippen molar-refractivity contribution in [1.82, 2.24) is 10.1 Å². The normalized spacial score (nSPS) is 26.2. The summed E-state index contributed by atoms with van der Waals surface area (Å²) in [5, 5.41) is 3.97. The largest absolute Gasteiger partial charge is 0.381 e. The summed E-state index contributed by atoms with van der Waals surface area (Å²) in [5.74, 6) is 1.98. The molecule has 1 aromatic heterocycles. The fraction of sp³-hybridized carbons (Fsp3) is 0.818. The van der Waals surface area contributed by atoms with Crippen LogP contribution in [-0.2, 0) is 11.2 Å². The standard InChI is InChI=1S/C11H19N3O2/c1-7(2)5-10-13-11(16-14-10)8-6-15-4-3-9(8)12/h7-9H,3-6,12H2,1-2H3. The Balaban J connectivity index is 2.05. The van der Waals surface area contributed by atoms with Gasteiger partial charge in [-0.05, 0) is 12.3 Å². The lowest BCUT2D eigenvalue weighted by Crippen LogP contribution is -2.37. The minimum atomic E-state index is 0.0576. The zero-order chi connectivity index (χ0) is 11.5. The highest BCUT2D eigenvalue weighted by atomic mass is 16.5. The fourth-order valence-corrected chi connectivity index (χ4v) is 1.88. The molecule has 2 rings (SSSR count). The van der Waals surface area contributed by atoms with Gasteiger partial charge in [0, 0.05) is 19.1 Å². The van der Waals surface area contributed by atoms with E-state index in [1.165, 1.54) is 0 Å². The molecule has 2 unspecified atom stereocenters. The van der Waals surface area contributed by atoms with Crippen molar-refractivity contribution in [2.75, 3.05) is 13.2 Å². The molecule has 0 aromatic carbocycles. The zero-order valence-electron chi connectivity index (χ0n) is 9.85. The van der Waals surface area contributed by atoms with E-state index in [9.17, 15) is 0 Å². The van der Waals surface area contributed by atoms with Gasteiger partial charge in [-0.25, -0.2) is 0 Å². The second-order valence-corrected chi connectivity index (χ2v) is 4.78. The van der Waals surface area contributed by atoms with Crippen molar-refractivity contribution in [2.45, 2.75) is 38.6 Å². The highest BCUT2D eigenvalue weighted by molar-refractivity contribution is 5.00. The van der Waals surface area contributed by atoms with Crippen LogP contribution >= 0.6 is 0 Å². The van der Waals surface area contributed by atoms with E-state index in [2.05, 4.69) is 24.0 Å². The second kappa shape index (κ2) is 4.93. The lowest BCUT2D eigenvalue weighted by molar-refractivity contribution is 0.0590. The summed E-state index contributed by atoms with van der Waals surface area (Å²) in [6, 6.07) is 0.0705. The predicted octanol–water partition coefficient (Wildman–Crippen LogP) is 1.10. The van der Waals surface area contributed by atoms with Crippen LogP contribution < -0.4 is 5.73 Å². The summed E-state index contributed by atoms with van der Waals surface area (Å²) < 4.78 is 10.6. The van der Waals surface area contributed by atoms with Gasteiger partial charge in [0.25, 0.3) is 0 Å². The van der Waals surface area contributed by atoms with Crippen LogP contribution in [-0.4, -0.2) is 29.4 Å². The Labute approximate surface area is 95.3 Å². The Morgan fingerprint density at radius 2 is 2.31 bits per heavy atom. The van der Waals surface area contributed by atoms with E-state index in [1.54, 1.807) is 0 Å². The molecular weight excluding hydrogens is 206 g/mol. The SMILES string of the molecule is CC(C)Cc1noc(C2COCCC2N)n1. The maximum atomic E-state index is 6.01. The molecule has 0 spiro atoms. The van der Waals surface area contributed by atoms with Crippen molar-refractivity contribution in [1.29, 1.82) is 0 Å². The van der Waals surface area contributed by atoms with E-state index in [1.807, 2.05) is 0 Å². The third-order valence-corrected chi connectivity index (χ3v) is 2.80. The molecule has 0 amide bonds. The van der Waals surface area contributed by atoms with Crippen LogP contribution in [0.4, 0.5) is 0 Å². The van der Waals surface area contributed by atoms with Gasteiger partial charge in [0.2, 0.25) is 5.89 Å². The van der Waals surface area contributed by atoms with Crippen LogP contribution in [0.15, 0.2) is 4.52 Å². The van der Waals surface area contributed by atoms with Gasteiger partial charge < -0.3 is 15.0 Å². The Hall–Kier alpha value is -0.940. The monoisotopic (exact) mass is 225 g/mol. The first-order valence-corrected chi connectivity index (χ1v) is 5.82. The molecule has 0 radical (unpaired) electrons. The van der Waals surface area contributed by atoms with Gasteiger partial charge in [0.05, 0.1) is 12.5 Å². The summed E-state index contributed by atoms with van der Waals surface area (Å²) in [5.41, 5.74) is 6.01. The van der Waals surface area contributed by atoms with E-state index in [-0.39, 0.29) is 12.0 Å². The molecule has 1 aromatic rings. The lowest BCUT2D eigenvalue weighted by atomic mass is 9.97. The van der Waals surface area contributed by atoms with E-state index in [4.69, 9.17) is 15.0 Å². The summed E-state index contributed by atoms with van der Waals surface area (Å²) >= 11 is 0. The summed E-state index contributed by atoms with van der Waals surface area (Å²) in [4.78, 5) is 4.39. The van der Waals surface area contributed by atoms with Crippen molar-refractivity contribution >= 4 is 0 Å². The number of ether oxygens (including phenoxy) is 1.